The predicted octanol–water partition coefficient (Wildman–Crippen LogP) is 7.41. The molecule has 5 aromatic rings. The number of nitrogens with one attached hydrogen (secondary N) is 1. The highest BCUT2D eigenvalue weighted by molar-refractivity contribution is 7.80. The average molecular weight is 506 g/mol. The van der Waals surface area contributed by atoms with Gasteiger partial charge >= 0.3 is 0 Å². The van der Waals surface area contributed by atoms with Crippen LogP contribution >= 0.6 is 7.92 Å². The van der Waals surface area contributed by atoms with Gasteiger partial charge in [-0.3, -0.25) is 0 Å². The van der Waals surface area contributed by atoms with Crippen LogP contribution in [0.25, 0.3) is 0 Å². The zero-order valence-corrected chi connectivity index (χ0v) is 21.1. The Hall–Kier alpha value is -3.81. The lowest BCUT2D eigenvalue weighted by Crippen LogP contribution is -2.30. The Kier molecular flexibility index (Phi) is 6.55. The highest BCUT2D eigenvalue weighted by atomic mass is 31.1. The number of benzene rings is 5. The Bertz CT molecular complexity index is 1450. The SMILES string of the molecule is Fc1ccc([C@H]2C[C@@H](c3ccc(F)cc3)Nc3c2cccc3P(c2ccccc2)c2ccccc2)cc1. The summed E-state index contributed by atoms with van der Waals surface area (Å²) in [5.41, 5.74) is 4.45. The monoisotopic (exact) mass is 505 g/mol. The van der Waals surface area contributed by atoms with Gasteiger partial charge in [-0.15, -0.1) is 0 Å². The van der Waals surface area contributed by atoms with Crippen LogP contribution in [0.5, 0.6) is 0 Å². The molecule has 2 atom stereocenters. The van der Waals surface area contributed by atoms with Crippen molar-refractivity contribution in [2.75, 3.05) is 5.32 Å². The molecule has 0 unspecified atom stereocenters. The van der Waals surface area contributed by atoms with E-state index in [0.717, 1.165) is 23.2 Å². The third-order valence-corrected chi connectivity index (χ3v) is 9.54. The maximum Gasteiger partial charge on any atom is 0.123 e. The molecule has 182 valence electrons. The lowest BCUT2D eigenvalue weighted by Gasteiger charge is -2.36. The van der Waals surface area contributed by atoms with E-state index in [0.29, 0.717) is 0 Å². The lowest BCUT2D eigenvalue weighted by molar-refractivity contribution is 0.594. The summed E-state index contributed by atoms with van der Waals surface area (Å²) in [5.74, 6) is -0.402. The fourth-order valence-corrected chi connectivity index (χ4v) is 7.74. The molecule has 0 radical (unpaired) electrons. The van der Waals surface area contributed by atoms with Gasteiger partial charge in [0.25, 0.3) is 0 Å². The largest absolute Gasteiger partial charge is 0.377 e. The van der Waals surface area contributed by atoms with Gasteiger partial charge in [0.15, 0.2) is 0 Å². The van der Waals surface area contributed by atoms with Crippen molar-refractivity contribution in [3.8, 4) is 0 Å². The first-order chi connectivity index (χ1) is 18.2. The number of rotatable bonds is 5. The molecule has 0 bridgehead atoms. The third kappa shape index (κ3) is 4.80. The molecule has 1 nitrogen and oxygen atoms in total. The topological polar surface area (TPSA) is 12.0 Å². The maximum absolute atomic E-state index is 13.8. The molecule has 0 aliphatic carbocycles. The molecule has 4 heteroatoms. The molecule has 0 fully saturated rings. The van der Waals surface area contributed by atoms with E-state index < -0.39 is 7.92 Å². The Morgan fingerprint density at radius 2 is 1.11 bits per heavy atom. The number of hydrogen-bond acceptors (Lipinski definition) is 1. The van der Waals surface area contributed by atoms with Crippen molar-refractivity contribution >= 4 is 29.5 Å². The molecule has 0 saturated carbocycles. The smallest absolute Gasteiger partial charge is 0.123 e. The van der Waals surface area contributed by atoms with Crippen molar-refractivity contribution in [2.24, 2.45) is 0 Å². The van der Waals surface area contributed by atoms with E-state index in [1.165, 1.54) is 45.7 Å². The van der Waals surface area contributed by atoms with Crippen LogP contribution in [-0.2, 0) is 0 Å². The van der Waals surface area contributed by atoms with Crippen LogP contribution in [0.3, 0.4) is 0 Å². The van der Waals surface area contributed by atoms with Crippen molar-refractivity contribution in [3.63, 3.8) is 0 Å². The normalized spacial score (nSPS) is 16.7. The maximum atomic E-state index is 13.8. The molecule has 1 N–H and O–H groups in total. The van der Waals surface area contributed by atoms with E-state index in [1.54, 1.807) is 0 Å². The summed E-state index contributed by atoms with van der Waals surface area (Å²) in [6.45, 7) is 0. The number of para-hydroxylation sites is 1. The van der Waals surface area contributed by atoms with E-state index in [9.17, 15) is 8.78 Å². The van der Waals surface area contributed by atoms with Crippen molar-refractivity contribution < 1.29 is 8.78 Å². The first kappa shape index (κ1) is 23.6. The molecule has 0 amide bonds. The molecule has 1 aliphatic rings. The van der Waals surface area contributed by atoms with Crippen LogP contribution in [0.1, 0.15) is 35.1 Å². The second kappa shape index (κ2) is 10.3. The van der Waals surface area contributed by atoms with E-state index in [2.05, 4.69) is 84.2 Å². The Morgan fingerprint density at radius 3 is 1.68 bits per heavy atom. The van der Waals surface area contributed by atoms with Crippen LogP contribution in [-0.4, -0.2) is 0 Å². The van der Waals surface area contributed by atoms with Gasteiger partial charge in [-0.1, -0.05) is 103 Å². The molecular formula is C33H26F2NP. The standard InChI is InChI=1S/C33H26F2NP/c34-25-18-14-23(15-19-25)30-22-31(24-16-20-26(35)21-17-24)36-33-29(30)12-7-13-32(33)37(27-8-3-1-4-9-27)28-10-5-2-6-11-28/h1-21,30-31,36H,22H2/t30-,31+/m1/s1. The summed E-state index contributed by atoms with van der Waals surface area (Å²) < 4.78 is 27.6. The quantitative estimate of drug-likeness (QED) is 0.245. The minimum atomic E-state index is -0.829. The summed E-state index contributed by atoms with van der Waals surface area (Å²) in [7, 11) is -0.829. The molecule has 0 spiro atoms. The van der Waals surface area contributed by atoms with Crippen LogP contribution in [0.2, 0.25) is 0 Å². The molecule has 1 heterocycles. The molecule has 0 aromatic heterocycles. The molecule has 1 aliphatic heterocycles. The Balaban J connectivity index is 1.54. The van der Waals surface area contributed by atoms with Gasteiger partial charge in [0.2, 0.25) is 0 Å². The summed E-state index contributed by atoms with van der Waals surface area (Å²) >= 11 is 0. The zero-order valence-electron chi connectivity index (χ0n) is 20.2. The fourth-order valence-electron chi connectivity index (χ4n) is 5.29. The Morgan fingerprint density at radius 1 is 0.568 bits per heavy atom. The van der Waals surface area contributed by atoms with E-state index in [4.69, 9.17) is 0 Å². The van der Waals surface area contributed by atoms with Crippen LogP contribution in [0, 0.1) is 11.6 Å². The summed E-state index contributed by atoms with van der Waals surface area (Å²) in [5, 5.41) is 7.66. The second-order valence-electron chi connectivity index (χ2n) is 9.34. The van der Waals surface area contributed by atoms with E-state index >= 15 is 0 Å². The molecule has 5 aromatic carbocycles. The van der Waals surface area contributed by atoms with Gasteiger partial charge in [0.05, 0.1) is 6.04 Å². The highest BCUT2D eigenvalue weighted by Crippen LogP contribution is 2.46. The van der Waals surface area contributed by atoms with Gasteiger partial charge in [0, 0.05) is 16.9 Å². The van der Waals surface area contributed by atoms with Gasteiger partial charge in [-0.05, 0) is 65.9 Å². The van der Waals surface area contributed by atoms with E-state index in [1.807, 2.05) is 24.3 Å². The van der Waals surface area contributed by atoms with Crippen LogP contribution in [0.4, 0.5) is 14.5 Å². The molecule has 6 rings (SSSR count). The van der Waals surface area contributed by atoms with Crippen molar-refractivity contribution in [1.29, 1.82) is 0 Å². The van der Waals surface area contributed by atoms with E-state index in [-0.39, 0.29) is 23.6 Å². The fraction of sp³-hybridized carbons (Fsp3) is 0.0909. The van der Waals surface area contributed by atoms with Crippen LogP contribution < -0.4 is 21.2 Å². The number of anilines is 1. The first-order valence-electron chi connectivity index (χ1n) is 12.5. The summed E-state index contributed by atoms with van der Waals surface area (Å²) in [6, 6.07) is 41.5. The number of hydrogen-bond donors (Lipinski definition) is 1. The average Bonchev–Trinajstić information content (AvgIpc) is 2.95. The highest BCUT2D eigenvalue weighted by Gasteiger charge is 2.32. The minimum Gasteiger partial charge on any atom is -0.377 e. The van der Waals surface area contributed by atoms with Crippen LogP contribution in [0.15, 0.2) is 127 Å². The van der Waals surface area contributed by atoms with Gasteiger partial charge in [-0.25, -0.2) is 8.78 Å². The number of halogens is 2. The van der Waals surface area contributed by atoms with Crippen molar-refractivity contribution in [2.45, 2.75) is 18.4 Å². The minimum absolute atomic E-state index is 0.00676. The van der Waals surface area contributed by atoms with Gasteiger partial charge < -0.3 is 5.32 Å². The predicted molar refractivity (Wildman–Crippen MR) is 151 cm³/mol. The van der Waals surface area contributed by atoms with Gasteiger partial charge in [0.1, 0.15) is 11.6 Å². The third-order valence-electron chi connectivity index (χ3n) is 7.05. The summed E-state index contributed by atoms with van der Waals surface area (Å²) in [6.07, 6.45) is 0.794. The molecule has 37 heavy (non-hydrogen) atoms. The second-order valence-corrected chi connectivity index (χ2v) is 11.5. The summed E-state index contributed by atoms with van der Waals surface area (Å²) in [4.78, 5) is 0. The first-order valence-corrected chi connectivity index (χ1v) is 13.8. The lowest BCUT2D eigenvalue weighted by atomic mass is 9.80. The number of fused-ring (bicyclic) bond motifs is 1. The zero-order chi connectivity index (χ0) is 25.2. The van der Waals surface area contributed by atoms with Crippen molar-refractivity contribution in [1.82, 2.24) is 0 Å². The Labute approximate surface area is 217 Å². The van der Waals surface area contributed by atoms with Crippen molar-refractivity contribution in [3.05, 3.63) is 156 Å². The molecular weight excluding hydrogens is 479 g/mol. The molecule has 0 saturated heterocycles. The van der Waals surface area contributed by atoms with Gasteiger partial charge in [-0.2, -0.15) is 0 Å².